The maximum atomic E-state index is 9.75. The molecule has 1 aliphatic rings. The predicted octanol–water partition coefficient (Wildman–Crippen LogP) is 3.20. The molecule has 0 N–H and O–H groups in total. The minimum absolute atomic E-state index is 0.693. The second-order valence-corrected chi connectivity index (χ2v) is 3.13. The van der Waals surface area contributed by atoms with Crippen LogP contribution in [0.25, 0.3) is 5.53 Å². The molecule has 0 aromatic rings. The van der Waals surface area contributed by atoms with Crippen LogP contribution in [0.4, 0.5) is 17.3 Å². The lowest BCUT2D eigenvalue weighted by Crippen LogP contribution is -2.02. The first-order valence-electron chi connectivity index (χ1n) is 3.45. The Kier molecular flexibility index (Phi) is 5.41. The minimum atomic E-state index is -6.00. The van der Waals surface area contributed by atoms with Crippen LogP contribution in [-0.2, 0) is 0 Å². The molecule has 0 aromatic carbocycles. The van der Waals surface area contributed by atoms with Crippen LogP contribution in [0.5, 0.6) is 0 Å². The molecule has 0 radical (unpaired) electrons. The molecule has 0 saturated carbocycles. The fraction of sp³-hybridized carbons (Fsp3) is 0.167. The zero-order valence-corrected chi connectivity index (χ0v) is 8.39. The first-order chi connectivity index (χ1) is 6.33. The molecule has 0 fully saturated rings. The largest absolute Gasteiger partial charge is 0.673 e. The molecule has 0 heterocycles. The number of nitrogens with zero attached hydrogens (tertiary/aromatic N) is 2. The summed E-state index contributed by atoms with van der Waals surface area (Å²) in [4.78, 5) is 3.05. The van der Waals surface area contributed by atoms with Gasteiger partial charge in [0.25, 0.3) is 5.71 Å². The Morgan fingerprint density at radius 2 is 1.79 bits per heavy atom. The standard InChI is InChI=1S/C6H5BrN2.BF4/c7-5-1-3-6(9-8)4-2-5;2-1(3,4)5/h1-3H,4H2;/q;-1. The van der Waals surface area contributed by atoms with E-state index in [0.717, 1.165) is 4.48 Å². The summed E-state index contributed by atoms with van der Waals surface area (Å²) >= 11 is 3.28. The number of rotatable bonds is 0. The summed E-state index contributed by atoms with van der Waals surface area (Å²) < 4.78 is 40.0. The zero-order valence-electron chi connectivity index (χ0n) is 6.80. The van der Waals surface area contributed by atoms with Crippen LogP contribution < -0.4 is 0 Å². The van der Waals surface area contributed by atoms with Crippen molar-refractivity contribution in [2.45, 2.75) is 6.42 Å². The fourth-order valence-corrected chi connectivity index (χ4v) is 0.882. The first kappa shape index (κ1) is 13.1. The van der Waals surface area contributed by atoms with Gasteiger partial charge in [-0.2, -0.15) is 4.79 Å². The highest BCUT2D eigenvalue weighted by Gasteiger charge is 2.20. The lowest BCUT2D eigenvalue weighted by atomic mass is 10.2. The summed E-state index contributed by atoms with van der Waals surface area (Å²) in [6.45, 7) is 0. The Balaban J connectivity index is 0.000000292. The third kappa shape index (κ3) is 9.21. The van der Waals surface area contributed by atoms with Crippen molar-refractivity contribution in [1.29, 1.82) is 0 Å². The molecule has 0 atom stereocenters. The van der Waals surface area contributed by atoms with Crippen LogP contribution in [0.3, 0.4) is 0 Å². The molecular formula is C6H5BBrF4N2-. The average Bonchev–Trinajstić information content (AvgIpc) is 2.03. The van der Waals surface area contributed by atoms with Crippen molar-refractivity contribution in [3.8, 4) is 0 Å². The molecule has 0 spiro atoms. The van der Waals surface area contributed by atoms with Gasteiger partial charge in [-0.15, -0.1) is 0 Å². The van der Waals surface area contributed by atoms with E-state index in [0.29, 0.717) is 12.1 Å². The van der Waals surface area contributed by atoms with Gasteiger partial charge in [0.2, 0.25) is 0 Å². The van der Waals surface area contributed by atoms with E-state index in [1.165, 1.54) is 0 Å². The van der Waals surface area contributed by atoms with Crippen LogP contribution in [-0.4, -0.2) is 17.8 Å². The van der Waals surface area contributed by atoms with Crippen LogP contribution in [0.2, 0.25) is 0 Å². The molecule has 2 nitrogen and oxygen atoms in total. The third-order valence-corrected chi connectivity index (χ3v) is 1.66. The molecular weight excluding hydrogens is 267 g/mol. The Labute approximate surface area is 86.2 Å². The van der Waals surface area contributed by atoms with Crippen LogP contribution in [0.1, 0.15) is 6.42 Å². The van der Waals surface area contributed by atoms with Crippen molar-refractivity contribution in [3.05, 3.63) is 28.2 Å². The van der Waals surface area contributed by atoms with Gasteiger partial charge in [0.15, 0.2) is 0 Å². The SMILES string of the molecule is F[B-](F)(F)F.[N-]=[N+]=C1C=CC(Br)=CC1. The number of hydrogen-bond donors (Lipinski definition) is 0. The second-order valence-electron chi connectivity index (χ2n) is 2.21. The molecule has 0 bridgehead atoms. The predicted molar refractivity (Wildman–Crippen MR) is 49.6 cm³/mol. The van der Waals surface area contributed by atoms with Gasteiger partial charge in [-0.1, -0.05) is 22.0 Å². The molecule has 1 aliphatic carbocycles. The minimum Gasteiger partial charge on any atom is -0.418 e. The number of halogens is 5. The highest BCUT2D eigenvalue weighted by Crippen LogP contribution is 2.12. The quantitative estimate of drug-likeness (QED) is 0.281. The molecule has 1 rings (SSSR count). The molecule has 78 valence electrons. The second kappa shape index (κ2) is 5.77. The van der Waals surface area contributed by atoms with Gasteiger partial charge in [0, 0.05) is 10.6 Å². The maximum absolute atomic E-state index is 9.75. The van der Waals surface area contributed by atoms with Crippen molar-refractivity contribution in [2.24, 2.45) is 0 Å². The summed E-state index contributed by atoms with van der Waals surface area (Å²) in [7, 11) is -6.00. The van der Waals surface area contributed by atoms with Crippen molar-refractivity contribution < 1.29 is 22.1 Å². The van der Waals surface area contributed by atoms with Gasteiger partial charge in [-0.05, 0) is 6.08 Å². The Morgan fingerprint density at radius 1 is 1.29 bits per heavy atom. The molecule has 0 aliphatic heterocycles. The van der Waals surface area contributed by atoms with Gasteiger partial charge in [-0.3, -0.25) is 0 Å². The van der Waals surface area contributed by atoms with Crippen molar-refractivity contribution in [3.63, 3.8) is 0 Å². The molecule has 0 unspecified atom stereocenters. The number of hydrogen-bond acceptors (Lipinski definition) is 0. The smallest absolute Gasteiger partial charge is 0.418 e. The first-order valence-corrected chi connectivity index (χ1v) is 4.24. The van der Waals surface area contributed by atoms with E-state index in [1.807, 2.05) is 12.2 Å². The van der Waals surface area contributed by atoms with Crippen LogP contribution >= 0.6 is 15.9 Å². The van der Waals surface area contributed by atoms with E-state index < -0.39 is 7.25 Å². The maximum Gasteiger partial charge on any atom is 0.673 e. The monoisotopic (exact) mass is 271 g/mol. The van der Waals surface area contributed by atoms with E-state index >= 15 is 0 Å². The summed E-state index contributed by atoms with van der Waals surface area (Å²) in [5.74, 6) is 0. The van der Waals surface area contributed by atoms with Gasteiger partial charge in [0.05, 0.1) is 6.42 Å². The average molecular weight is 272 g/mol. The van der Waals surface area contributed by atoms with Gasteiger partial charge in [0.1, 0.15) is 0 Å². The van der Waals surface area contributed by atoms with E-state index in [2.05, 4.69) is 20.7 Å². The fourth-order valence-electron chi connectivity index (χ4n) is 0.588. The van der Waals surface area contributed by atoms with Crippen molar-refractivity contribution in [2.75, 3.05) is 0 Å². The zero-order chi connectivity index (χ0) is 11.2. The lowest BCUT2D eigenvalue weighted by Gasteiger charge is -1.94. The third-order valence-electron chi connectivity index (χ3n) is 1.07. The Bertz CT molecular complexity index is 297. The van der Waals surface area contributed by atoms with Crippen molar-refractivity contribution in [1.82, 2.24) is 0 Å². The topological polar surface area (TPSA) is 36.4 Å². The Morgan fingerprint density at radius 3 is 2.07 bits per heavy atom. The Hall–Kier alpha value is -0.875. The van der Waals surface area contributed by atoms with E-state index in [-0.39, 0.29) is 0 Å². The van der Waals surface area contributed by atoms with Gasteiger partial charge in [-0.25, -0.2) is 0 Å². The normalized spacial score (nSPS) is 15.2. The highest BCUT2D eigenvalue weighted by atomic mass is 79.9. The summed E-state index contributed by atoms with van der Waals surface area (Å²) in [5.41, 5.74) is 8.96. The highest BCUT2D eigenvalue weighted by molar-refractivity contribution is 9.11. The molecule has 14 heavy (non-hydrogen) atoms. The molecule has 8 heteroatoms. The van der Waals surface area contributed by atoms with Gasteiger partial charge >= 0.3 is 7.25 Å². The molecule has 0 saturated heterocycles. The van der Waals surface area contributed by atoms with E-state index in [9.17, 15) is 17.3 Å². The van der Waals surface area contributed by atoms with E-state index in [1.54, 1.807) is 6.08 Å². The summed E-state index contributed by atoms with van der Waals surface area (Å²) in [6.07, 6.45) is 6.26. The lowest BCUT2D eigenvalue weighted by molar-refractivity contribution is -0.00538. The van der Waals surface area contributed by atoms with E-state index in [4.69, 9.17) is 5.53 Å². The van der Waals surface area contributed by atoms with Crippen LogP contribution in [0.15, 0.2) is 22.7 Å². The van der Waals surface area contributed by atoms with Crippen molar-refractivity contribution >= 4 is 28.9 Å². The van der Waals surface area contributed by atoms with Gasteiger partial charge < -0.3 is 22.8 Å². The van der Waals surface area contributed by atoms with Crippen LogP contribution in [0, 0.1) is 0 Å². The molecule has 0 aromatic heterocycles. The summed E-state index contributed by atoms with van der Waals surface area (Å²) in [6, 6.07) is 0. The number of allylic oxidation sites excluding steroid dienone is 4. The molecule has 0 amide bonds. The summed E-state index contributed by atoms with van der Waals surface area (Å²) in [5, 5.41) is 0.